The van der Waals surface area contributed by atoms with Crippen molar-refractivity contribution in [3.8, 4) is 0 Å². The largest absolute Gasteiger partial charge is 0.379 e. The highest BCUT2D eigenvalue weighted by Gasteiger charge is 2.22. The molecule has 1 atom stereocenters. The summed E-state index contributed by atoms with van der Waals surface area (Å²) >= 11 is 1.74. The maximum Gasteiger partial charge on any atom is 0.196 e. The summed E-state index contributed by atoms with van der Waals surface area (Å²) in [5.41, 5.74) is 1.41. The van der Waals surface area contributed by atoms with Crippen LogP contribution in [0.4, 0.5) is 0 Å². The van der Waals surface area contributed by atoms with E-state index in [-0.39, 0.29) is 5.43 Å². The summed E-state index contributed by atoms with van der Waals surface area (Å²) in [6.07, 6.45) is 8.67. The fraction of sp³-hybridized carbons (Fsp3) is 0.500. The standard InChI is InChI=1S/C26H33NO2S/c1-2-3-4-5-6-11-21(27-15-17-29-18-16-27)19-20-10-9-14-24-25(20)26(28)22-12-7-8-13-23(22)30-24/h7-10,12-14,21H,2-6,11,15-19H2,1H3. The van der Waals surface area contributed by atoms with Crippen LogP contribution in [0.25, 0.3) is 20.2 Å². The molecule has 160 valence electrons. The second-order valence-corrected chi connectivity index (χ2v) is 9.51. The van der Waals surface area contributed by atoms with Crippen LogP contribution in [-0.2, 0) is 11.2 Å². The fourth-order valence-corrected chi connectivity index (χ4v) is 5.81. The second-order valence-electron chi connectivity index (χ2n) is 8.43. The maximum atomic E-state index is 13.4. The third kappa shape index (κ3) is 4.93. The molecule has 1 unspecified atom stereocenters. The number of unbranched alkanes of at least 4 members (excludes halogenated alkanes) is 4. The van der Waals surface area contributed by atoms with Gasteiger partial charge in [-0.2, -0.15) is 0 Å². The van der Waals surface area contributed by atoms with Gasteiger partial charge in [-0.05, 0) is 36.6 Å². The molecule has 1 fully saturated rings. The van der Waals surface area contributed by atoms with Gasteiger partial charge in [0, 0.05) is 39.3 Å². The number of hydrogen-bond donors (Lipinski definition) is 0. The predicted octanol–water partition coefficient (Wildman–Crippen LogP) is 6.02. The lowest BCUT2D eigenvalue weighted by atomic mass is 9.95. The lowest BCUT2D eigenvalue weighted by molar-refractivity contribution is 0.0143. The van der Waals surface area contributed by atoms with Gasteiger partial charge in [-0.3, -0.25) is 9.69 Å². The van der Waals surface area contributed by atoms with Crippen molar-refractivity contribution in [1.82, 2.24) is 4.90 Å². The molecule has 3 aromatic rings. The minimum atomic E-state index is 0.193. The van der Waals surface area contributed by atoms with Gasteiger partial charge in [0.2, 0.25) is 0 Å². The monoisotopic (exact) mass is 423 g/mol. The SMILES string of the molecule is CCCCCCCC(Cc1cccc2sc3ccccc3c(=O)c12)N1CCOCC1. The number of morpholine rings is 1. The minimum absolute atomic E-state index is 0.193. The van der Waals surface area contributed by atoms with Crippen molar-refractivity contribution in [1.29, 1.82) is 0 Å². The van der Waals surface area contributed by atoms with Gasteiger partial charge in [0.25, 0.3) is 0 Å². The smallest absolute Gasteiger partial charge is 0.196 e. The minimum Gasteiger partial charge on any atom is -0.379 e. The molecule has 4 heteroatoms. The average molecular weight is 424 g/mol. The highest BCUT2D eigenvalue weighted by molar-refractivity contribution is 7.24. The summed E-state index contributed by atoms with van der Waals surface area (Å²) in [4.78, 5) is 16.0. The molecule has 0 bridgehead atoms. The number of benzene rings is 2. The molecule has 0 aliphatic carbocycles. The zero-order chi connectivity index (χ0) is 20.8. The van der Waals surface area contributed by atoms with Crippen molar-refractivity contribution in [3.05, 3.63) is 58.3 Å². The zero-order valence-electron chi connectivity index (χ0n) is 18.1. The molecule has 0 N–H and O–H groups in total. The van der Waals surface area contributed by atoms with Crippen molar-refractivity contribution in [2.75, 3.05) is 26.3 Å². The van der Waals surface area contributed by atoms with Gasteiger partial charge >= 0.3 is 0 Å². The van der Waals surface area contributed by atoms with Gasteiger partial charge in [0.1, 0.15) is 0 Å². The van der Waals surface area contributed by atoms with E-state index >= 15 is 0 Å². The van der Waals surface area contributed by atoms with Gasteiger partial charge in [-0.1, -0.05) is 63.3 Å². The van der Waals surface area contributed by atoms with Gasteiger partial charge in [0.05, 0.1) is 13.2 Å². The first-order chi connectivity index (χ1) is 14.8. The lowest BCUT2D eigenvalue weighted by Crippen LogP contribution is -2.44. The molecule has 4 rings (SSSR count). The molecule has 2 heterocycles. The Hall–Kier alpha value is -1.75. The second kappa shape index (κ2) is 10.5. The van der Waals surface area contributed by atoms with Crippen molar-refractivity contribution < 1.29 is 4.74 Å². The number of fused-ring (bicyclic) bond motifs is 2. The van der Waals surface area contributed by atoms with Crippen LogP contribution in [0.5, 0.6) is 0 Å². The van der Waals surface area contributed by atoms with Crippen LogP contribution in [0.15, 0.2) is 47.3 Å². The van der Waals surface area contributed by atoms with E-state index in [2.05, 4.69) is 36.1 Å². The van der Waals surface area contributed by atoms with Crippen LogP contribution in [0.1, 0.15) is 51.0 Å². The van der Waals surface area contributed by atoms with Crippen LogP contribution in [0, 0.1) is 0 Å². The molecular weight excluding hydrogens is 390 g/mol. The van der Waals surface area contributed by atoms with Crippen LogP contribution >= 0.6 is 11.3 Å². The molecule has 30 heavy (non-hydrogen) atoms. The molecule has 1 aliphatic rings. The molecule has 0 radical (unpaired) electrons. The first kappa shape index (κ1) is 21.5. The third-order valence-corrected chi connectivity index (χ3v) is 7.49. The Morgan fingerprint density at radius 3 is 2.57 bits per heavy atom. The quantitative estimate of drug-likeness (QED) is 0.311. The van der Waals surface area contributed by atoms with Gasteiger partial charge in [-0.15, -0.1) is 11.3 Å². The fourth-order valence-electron chi connectivity index (χ4n) is 4.68. The first-order valence-corrected chi connectivity index (χ1v) is 12.3. The van der Waals surface area contributed by atoms with E-state index < -0.39 is 0 Å². The molecule has 0 saturated carbocycles. The predicted molar refractivity (Wildman–Crippen MR) is 129 cm³/mol. The number of hydrogen-bond acceptors (Lipinski definition) is 4. The van der Waals surface area contributed by atoms with Crippen LogP contribution < -0.4 is 5.43 Å². The van der Waals surface area contributed by atoms with E-state index in [1.165, 1.54) is 44.1 Å². The van der Waals surface area contributed by atoms with E-state index in [1.54, 1.807) is 11.3 Å². The Labute approximate surface area is 183 Å². The van der Waals surface area contributed by atoms with Crippen LogP contribution in [0.2, 0.25) is 0 Å². The van der Waals surface area contributed by atoms with E-state index in [9.17, 15) is 4.79 Å². The van der Waals surface area contributed by atoms with E-state index in [1.807, 2.05) is 18.2 Å². The molecule has 1 aromatic heterocycles. The molecule has 1 aliphatic heterocycles. The van der Waals surface area contributed by atoms with Crippen molar-refractivity contribution in [2.24, 2.45) is 0 Å². The van der Waals surface area contributed by atoms with Crippen LogP contribution in [-0.4, -0.2) is 37.2 Å². The summed E-state index contributed by atoms with van der Waals surface area (Å²) in [6, 6.07) is 14.9. The van der Waals surface area contributed by atoms with Crippen molar-refractivity contribution >= 4 is 31.5 Å². The summed E-state index contributed by atoms with van der Waals surface area (Å²) in [7, 11) is 0. The number of ether oxygens (including phenoxy) is 1. The summed E-state index contributed by atoms with van der Waals surface area (Å²) in [5, 5.41) is 1.79. The van der Waals surface area contributed by atoms with Crippen LogP contribution in [0.3, 0.4) is 0 Å². The van der Waals surface area contributed by atoms with Gasteiger partial charge < -0.3 is 4.74 Å². The molecular formula is C26H33NO2S. The van der Waals surface area contributed by atoms with E-state index in [0.717, 1.165) is 52.9 Å². The van der Waals surface area contributed by atoms with E-state index in [0.29, 0.717) is 6.04 Å². The Bertz CT molecular complexity index is 1020. The Morgan fingerprint density at radius 2 is 1.73 bits per heavy atom. The highest BCUT2D eigenvalue weighted by Crippen LogP contribution is 2.28. The number of rotatable bonds is 9. The topological polar surface area (TPSA) is 29.5 Å². The Kier molecular flexibility index (Phi) is 7.53. The lowest BCUT2D eigenvalue weighted by Gasteiger charge is -2.35. The van der Waals surface area contributed by atoms with Gasteiger partial charge in [-0.25, -0.2) is 0 Å². The highest BCUT2D eigenvalue weighted by atomic mass is 32.1. The molecule has 3 nitrogen and oxygen atoms in total. The molecule has 2 aromatic carbocycles. The third-order valence-electron chi connectivity index (χ3n) is 6.35. The molecule has 0 spiro atoms. The summed E-state index contributed by atoms with van der Waals surface area (Å²) in [6.45, 7) is 5.91. The van der Waals surface area contributed by atoms with E-state index in [4.69, 9.17) is 4.74 Å². The van der Waals surface area contributed by atoms with Gasteiger partial charge in [0.15, 0.2) is 5.43 Å². The maximum absolute atomic E-state index is 13.4. The zero-order valence-corrected chi connectivity index (χ0v) is 18.9. The molecule has 1 saturated heterocycles. The molecule has 0 amide bonds. The Morgan fingerprint density at radius 1 is 0.967 bits per heavy atom. The van der Waals surface area contributed by atoms with Crippen molar-refractivity contribution in [3.63, 3.8) is 0 Å². The summed E-state index contributed by atoms with van der Waals surface area (Å²) in [5.74, 6) is 0. The normalized spacial score (nSPS) is 16.3. The Balaban J connectivity index is 1.62. The first-order valence-electron chi connectivity index (χ1n) is 11.5. The number of nitrogens with zero attached hydrogens (tertiary/aromatic N) is 1. The van der Waals surface area contributed by atoms with Crippen molar-refractivity contribution in [2.45, 2.75) is 57.9 Å². The average Bonchev–Trinajstić information content (AvgIpc) is 2.79. The summed E-state index contributed by atoms with van der Waals surface area (Å²) < 4.78 is 7.79.